The lowest BCUT2D eigenvalue weighted by molar-refractivity contribution is -0.122. The first-order valence-electron chi connectivity index (χ1n) is 6.96. The lowest BCUT2D eigenvalue weighted by Gasteiger charge is -2.25. The molecule has 2 rings (SSSR count). The van der Waals surface area contributed by atoms with E-state index in [4.69, 9.17) is 0 Å². The molecule has 0 aliphatic carbocycles. The van der Waals surface area contributed by atoms with Crippen molar-refractivity contribution in [1.29, 1.82) is 0 Å². The molecule has 21 heavy (non-hydrogen) atoms. The summed E-state index contributed by atoms with van der Waals surface area (Å²) in [6.45, 7) is 3.22. The zero-order valence-electron chi connectivity index (χ0n) is 12.4. The van der Waals surface area contributed by atoms with Crippen molar-refractivity contribution < 1.29 is 4.79 Å². The Balaban J connectivity index is 0.00000200. The maximum Gasteiger partial charge on any atom is 0.234 e. The van der Waals surface area contributed by atoms with Gasteiger partial charge in [-0.05, 0) is 32.0 Å². The van der Waals surface area contributed by atoms with Crippen molar-refractivity contribution in [3.05, 3.63) is 35.9 Å². The van der Waals surface area contributed by atoms with E-state index in [1.165, 1.54) is 5.56 Å². The van der Waals surface area contributed by atoms with Crippen molar-refractivity contribution in [2.75, 3.05) is 26.7 Å². The Bertz CT molecular complexity index is 397. The van der Waals surface area contributed by atoms with Gasteiger partial charge < -0.3 is 10.6 Å². The zero-order valence-corrected chi connectivity index (χ0v) is 14.0. The van der Waals surface area contributed by atoms with E-state index in [9.17, 15) is 4.79 Å². The standard InChI is InChI=1S/C15H23N3O.2ClH/c1-18(11-13-6-3-2-4-7-13)12-15(19)17-14-8-5-9-16-10-14;;/h2-4,6-7,14,16H,5,8-12H2,1H3,(H,17,19);2*1H/t14-;;/m0../s1. The number of hydrogen-bond acceptors (Lipinski definition) is 3. The number of halogens is 2. The largest absolute Gasteiger partial charge is 0.351 e. The van der Waals surface area contributed by atoms with E-state index >= 15 is 0 Å². The molecule has 0 bridgehead atoms. The fraction of sp³-hybridized carbons (Fsp3) is 0.533. The first-order valence-corrected chi connectivity index (χ1v) is 6.96. The van der Waals surface area contributed by atoms with E-state index in [1.807, 2.05) is 30.1 Å². The van der Waals surface area contributed by atoms with Crippen LogP contribution in [0.4, 0.5) is 0 Å². The van der Waals surface area contributed by atoms with Crippen molar-refractivity contribution in [2.45, 2.75) is 25.4 Å². The van der Waals surface area contributed by atoms with E-state index < -0.39 is 0 Å². The second kappa shape index (κ2) is 10.9. The van der Waals surface area contributed by atoms with E-state index in [2.05, 4.69) is 22.8 Å². The van der Waals surface area contributed by atoms with E-state index in [0.717, 1.165) is 32.5 Å². The molecule has 1 heterocycles. The molecule has 1 aliphatic heterocycles. The summed E-state index contributed by atoms with van der Waals surface area (Å²) >= 11 is 0. The quantitative estimate of drug-likeness (QED) is 0.864. The zero-order chi connectivity index (χ0) is 13.5. The van der Waals surface area contributed by atoms with E-state index in [1.54, 1.807) is 0 Å². The van der Waals surface area contributed by atoms with Gasteiger partial charge in [0.15, 0.2) is 0 Å². The number of hydrogen-bond donors (Lipinski definition) is 2. The highest BCUT2D eigenvalue weighted by molar-refractivity contribution is 5.85. The molecule has 1 aromatic rings. The minimum absolute atomic E-state index is 0. The molecule has 1 saturated heterocycles. The molecule has 1 amide bonds. The van der Waals surface area contributed by atoms with Gasteiger partial charge in [-0.15, -0.1) is 24.8 Å². The lowest BCUT2D eigenvalue weighted by Crippen LogP contribution is -2.48. The van der Waals surface area contributed by atoms with Gasteiger partial charge in [-0.2, -0.15) is 0 Å². The Morgan fingerprint density at radius 2 is 2.05 bits per heavy atom. The van der Waals surface area contributed by atoms with Gasteiger partial charge in [0.2, 0.25) is 5.91 Å². The maximum atomic E-state index is 11.9. The fourth-order valence-electron chi connectivity index (χ4n) is 2.44. The molecular formula is C15H25Cl2N3O. The minimum atomic E-state index is 0. The first-order chi connectivity index (χ1) is 9.24. The Morgan fingerprint density at radius 1 is 1.33 bits per heavy atom. The van der Waals surface area contributed by atoms with Crippen LogP contribution in [-0.2, 0) is 11.3 Å². The highest BCUT2D eigenvalue weighted by Crippen LogP contribution is 2.03. The van der Waals surface area contributed by atoms with Crippen molar-refractivity contribution in [3.63, 3.8) is 0 Å². The second-order valence-electron chi connectivity index (χ2n) is 5.27. The van der Waals surface area contributed by atoms with Gasteiger partial charge in [-0.3, -0.25) is 9.69 Å². The van der Waals surface area contributed by atoms with Crippen LogP contribution in [0.1, 0.15) is 18.4 Å². The molecule has 2 N–H and O–H groups in total. The van der Waals surface area contributed by atoms with Crippen molar-refractivity contribution in [2.24, 2.45) is 0 Å². The second-order valence-corrected chi connectivity index (χ2v) is 5.27. The maximum absolute atomic E-state index is 11.9. The monoisotopic (exact) mass is 333 g/mol. The normalized spacial score (nSPS) is 17.5. The average Bonchev–Trinajstić information content (AvgIpc) is 2.40. The third-order valence-electron chi connectivity index (χ3n) is 3.37. The Morgan fingerprint density at radius 3 is 2.67 bits per heavy atom. The van der Waals surface area contributed by atoms with Gasteiger partial charge >= 0.3 is 0 Å². The summed E-state index contributed by atoms with van der Waals surface area (Å²) in [6, 6.07) is 10.5. The summed E-state index contributed by atoms with van der Waals surface area (Å²) in [5.41, 5.74) is 1.23. The summed E-state index contributed by atoms with van der Waals surface area (Å²) in [5.74, 6) is 0.118. The Hall–Kier alpha value is -0.810. The third-order valence-corrected chi connectivity index (χ3v) is 3.37. The van der Waals surface area contributed by atoms with Gasteiger partial charge in [0.1, 0.15) is 0 Å². The van der Waals surface area contributed by atoms with Crippen molar-refractivity contribution in [1.82, 2.24) is 15.5 Å². The molecule has 0 saturated carbocycles. The topological polar surface area (TPSA) is 44.4 Å². The van der Waals surface area contributed by atoms with Crippen LogP contribution < -0.4 is 10.6 Å². The predicted molar refractivity (Wildman–Crippen MR) is 91.3 cm³/mol. The summed E-state index contributed by atoms with van der Waals surface area (Å²) < 4.78 is 0. The van der Waals surface area contributed by atoms with E-state index in [0.29, 0.717) is 12.6 Å². The Labute approximate surface area is 139 Å². The van der Waals surface area contributed by atoms with Gasteiger partial charge in [-0.25, -0.2) is 0 Å². The third kappa shape index (κ3) is 7.67. The molecule has 0 unspecified atom stereocenters. The number of carbonyl (C=O) groups is 1. The molecule has 120 valence electrons. The molecule has 0 spiro atoms. The van der Waals surface area contributed by atoms with Gasteiger partial charge in [0.25, 0.3) is 0 Å². The summed E-state index contributed by atoms with van der Waals surface area (Å²) in [6.07, 6.45) is 2.23. The smallest absolute Gasteiger partial charge is 0.234 e. The number of rotatable bonds is 5. The number of carbonyl (C=O) groups excluding carboxylic acids is 1. The minimum Gasteiger partial charge on any atom is -0.351 e. The van der Waals surface area contributed by atoms with Crippen LogP contribution in [0.25, 0.3) is 0 Å². The number of nitrogens with zero attached hydrogens (tertiary/aromatic N) is 1. The SMILES string of the molecule is CN(CC(=O)N[C@H]1CCCNC1)Cc1ccccc1.Cl.Cl. The number of nitrogens with one attached hydrogen (secondary N) is 2. The fourth-order valence-corrected chi connectivity index (χ4v) is 2.44. The lowest BCUT2D eigenvalue weighted by atomic mass is 10.1. The summed E-state index contributed by atoms with van der Waals surface area (Å²) in [7, 11) is 1.98. The number of amides is 1. The highest BCUT2D eigenvalue weighted by Gasteiger charge is 2.16. The van der Waals surface area contributed by atoms with E-state index in [-0.39, 0.29) is 30.7 Å². The number of piperidine rings is 1. The average molecular weight is 334 g/mol. The van der Waals surface area contributed by atoms with Crippen LogP contribution >= 0.6 is 24.8 Å². The van der Waals surface area contributed by atoms with Gasteiger partial charge in [0, 0.05) is 19.1 Å². The summed E-state index contributed by atoms with van der Waals surface area (Å²) in [5, 5.41) is 6.40. The Kier molecular flexibility index (Phi) is 10.4. The predicted octanol–water partition coefficient (Wildman–Crippen LogP) is 1.83. The van der Waals surface area contributed by atoms with Crippen LogP contribution in [0, 0.1) is 0 Å². The number of likely N-dealkylation sites (N-methyl/N-ethyl adjacent to an activating group) is 1. The number of benzene rings is 1. The first kappa shape index (κ1) is 20.2. The van der Waals surface area contributed by atoms with Crippen molar-refractivity contribution in [3.8, 4) is 0 Å². The molecule has 0 radical (unpaired) electrons. The van der Waals surface area contributed by atoms with Crippen LogP contribution in [-0.4, -0.2) is 43.5 Å². The van der Waals surface area contributed by atoms with Gasteiger partial charge in [-0.1, -0.05) is 30.3 Å². The molecule has 1 fully saturated rings. The molecule has 1 aromatic carbocycles. The van der Waals surface area contributed by atoms with Crippen LogP contribution in [0.2, 0.25) is 0 Å². The van der Waals surface area contributed by atoms with Crippen LogP contribution in [0.5, 0.6) is 0 Å². The molecule has 4 nitrogen and oxygen atoms in total. The van der Waals surface area contributed by atoms with Crippen LogP contribution in [0.15, 0.2) is 30.3 Å². The van der Waals surface area contributed by atoms with Crippen LogP contribution in [0.3, 0.4) is 0 Å². The summed E-state index contributed by atoms with van der Waals surface area (Å²) in [4.78, 5) is 14.0. The molecule has 1 aliphatic rings. The van der Waals surface area contributed by atoms with Crippen molar-refractivity contribution >= 4 is 30.7 Å². The highest BCUT2D eigenvalue weighted by atomic mass is 35.5. The molecule has 6 heteroatoms. The van der Waals surface area contributed by atoms with Gasteiger partial charge in [0.05, 0.1) is 6.54 Å². The molecular weight excluding hydrogens is 309 g/mol. The molecule has 1 atom stereocenters. The molecule has 0 aromatic heterocycles.